The molecule has 1 aliphatic carbocycles. The summed E-state index contributed by atoms with van der Waals surface area (Å²) in [5.74, 6) is 2.03. The van der Waals surface area contributed by atoms with Crippen LogP contribution in [0.5, 0.6) is 0 Å². The number of rotatable bonds is 5. The third-order valence-corrected chi connectivity index (χ3v) is 5.49. The lowest BCUT2D eigenvalue weighted by molar-refractivity contribution is 0.371. The Bertz CT molecular complexity index is 549. The third-order valence-electron chi connectivity index (χ3n) is 4.67. The monoisotopic (exact) mass is 464 g/mol. The summed E-state index contributed by atoms with van der Waals surface area (Å²) in [6, 6.07) is 0. The largest absolute Gasteiger partial charge is 0.357 e. The Balaban J connectivity index is 0.00000208. The van der Waals surface area contributed by atoms with Crippen molar-refractivity contribution in [1.29, 1.82) is 0 Å². The Labute approximate surface area is 166 Å². The van der Waals surface area contributed by atoms with Gasteiger partial charge in [-0.1, -0.05) is 13.8 Å². The van der Waals surface area contributed by atoms with Crippen LogP contribution in [0.1, 0.15) is 39.4 Å². The van der Waals surface area contributed by atoms with Gasteiger partial charge in [-0.05, 0) is 25.2 Å². The number of hydrogen-bond acceptors (Lipinski definition) is 5. The highest BCUT2D eigenvalue weighted by molar-refractivity contribution is 14.0. The molecule has 2 heterocycles. The fourth-order valence-electron chi connectivity index (χ4n) is 2.69. The van der Waals surface area contributed by atoms with Gasteiger partial charge in [-0.3, -0.25) is 4.99 Å². The van der Waals surface area contributed by atoms with Crippen LogP contribution in [-0.2, 0) is 6.42 Å². The van der Waals surface area contributed by atoms with Gasteiger partial charge in [0.1, 0.15) is 5.82 Å². The maximum atomic E-state index is 4.87. The van der Waals surface area contributed by atoms with E-state index in [1.165, 1.54) is 24.4 Å². The van der Waals surface area contributed by atoms with E-state index in [4.69, 9.17) is 4.99 Å². The van der Waals surface area contributed by atoms with Gasteiger partial charge in [-0.2, -0.15) is 4.37 Å². The normalized spacial score (nSPS) is 19.9. The molecule has 1 aromatic heterocycles. The first kappa shape index (κ1) is 19.7. The summed E-state index contributed by atoms with van der Waals surface area (Å²) in [4.78, 5) is 14.2. The molecule has 1 saturated carbocycles. The van der Waals surface area contributed by atoms with E-state index in [-0.39, 0.29) is 24.0 Å². The first-order valence-electron chi connectivity index (χ1n) is 8.74. The van der Waals surface area contributed by atoms with E-state index in [1.807, 2.05) is 0 Å². The van der Waals surface area contributed by atoms with E-state index < -0.39 is 0 Å². The first-order chi connectivity index (χ1) is 11.1. The molecule has 0 spiro atoms. The summed E-state index contributed by atoms with van der Waals surface area (Å²) in [7, 11) is 0. The molecule has 0 amide bonds. The molecule has 1 aliphatic heterocycles. The van der Waals surface area contributed by atoms with Crippen molar-refractivity contribution in [2.24, 2.45) is 10.4 Å². The predicted molar refractivity (Wildman–Crippen MR) is 112 cm³/mol. The smallest absolute Gasteiger partial charge is 0.205 e. The molecular formula is C16H29IN6S. The maximum Gasteiger partial charge on any atom is 0.205 e. The van der Waals surface area contributed by atoms with E-state index in [1.54, 1.807) is 0 Å². The zero-order valence-corrected chi connectivity index (χ0v) is 18.1. The molecule has 0 atom stereocenters. The lowest BCUT2D eigenvalue weighted by Gasteiger charge is -2.36. The van der Waals surface area contributed by atoms with Crippen LogP contribution < -0.4 is 10.2 Å². The molecule has 3 rings (SSSR count). The standard InChI is InChI=1S/C16H28N6S.HI/c1-4-13-19-15(23-20-13)22-10-8-21(9-11-22)14(17-5-2)18-12-16(3)6-7-16;/h4-12H2,1-3H3,(H,17,18);1H. The lowest BCUT2D eigenvalue weighted by atomic mass is 10.1. The van der Waals surface area contributed by atoms with Crippen molar-refractivity contribution in [2.45, 2.75) is 40.0 Å². The van der Waals surface area contributed by atoms with Gasteiger partial charge in [-0.25, -0.2) is 4.98 Å². The number of aromatic nitrogens is 2. The quantitative estimate of drug-likeness (QED) is 0.413. The molecule has 0 bridgehead atoms. The SMILES string of the molecule is CCNC(=NCC1(C)CC1)N1CCN(c2nc(CC)ns2)CC1.I. The number of anilines is 1. The number of aryl methyl sites for hydroxylation is 1. The predicted octanol–water partition coefficient (Wildman–Crippen LogP) is 2.61. The van der Waals surface area contributed by atoms with Gasteiger partial charge in [0.2, 0.25) is 5.13 Å². The second-order valence-electron chi connectivity index (χ2n) is 6.80. The fraction of sp³-hybridized carbons (Fsp3) is 0.812. The van der Waals surface area contributed by atoms with Gasteiger partial charge in [0.05, 0.1) is 0 Å². The summed E-state index contributed by atoms with van der Waals surface area (Å²) in [5, 5.41) is 4.52. The molecule has 6 nitrogen and oxygen atoms in total. The van der Waals surface area contributed by atoms with E-state index in [9.17, 15) is 0 Å². The van der Waals surface area contributed by atoms with Crippen molar-refractivity contribution < 1.29 is 0 Å². The minimum absolute atomic E-state index is 0. The average molecular weight is 464 g/mol. The van der Waals surface area contributed by atoms with E-state index in [0.717, 1.165) is 62.6 Å². The molecule has 24 heavy (non-hydrogen) atoms. The number of nitrogens with zero attached hydrogens (tertiary/aromatic N) is 5. The van der Waals surface area contributed by atoms with E-state index in [0.29, 0.717) is 5.41 Å². The maximum absolute atomic E-state index is 4.87. The topological polar surface area (TPSA) is 56.7 Å². The number of guanidine groups is 1. The minimum Gasteiger partial charge on any atom is -0.357 e. The number of hydrogen-bond donors (Lipinski definition) is 1. The Morgan fingerprint density at radius 1 is 1.25 bits per heavy atom. The number of nitrogens with one attached hydrogen (secondary N) is 1. The van der Waals surface area contributed by atoms with Gasteiger partial charge in [0.15, 0.2) is 5.96 Å². The van der Waals surface area contributed by atoms with Gasteiger partial charge in [-0.15, -0.1) is 24.0 Å². The van der Waals surface area contributed by atoms with Crippen LogP contribution in [0.2, 0.25) is 0 Å². The van der Waals surface area contributed by atoms with E-state index in [2.05, 4.69) is 45.2 Å². The second-order valence-corrected chi connectivity index (χ2v) is 7.53. The van der Waals surface area contributed by atoms with Gasteiger partial charge in [0.25, 0.3) is 0 Å². The van der Waals surface area contributed by atoms with Crippen molar-refractivity contribution in [2.75, 3.05) is 44.2 Å². The van der Waals surface area contributed by atoms with Crippen LogP contribution in [-0.4, -0.2) is 59.5 Å². The molecule has 2 aliphatic rings. The highest BCUT2D eigenvalue weighted by atomic mass is 127. The van der Waals surface area contributed by atoms with Crippen LogP contribution >= 0.6 is 35.5 Å². The summed E-state index contributed by atoms with van der Waals surface area (Å²) in [5.41, 5.74) is 0.464. The molecule has 136 valence electrons. The van der Waals surface area contributed by atoms with Crippen molar-refractivity contribution >= 4 is 46.6 Å². The van der Waals surface area contributed by atoms with Gasteiger partial charge in [0, 0.05) is 57.2 Å². The zero-order chi connectivity index (χ0) is 16.3. The highest BCUT2D eigenvalue weighted by Gasteiger charge is 2.37. The number of halogens is 1. The Morgan fingerprint density at radius 3 is 2.50 bits per heavy atom. The highest BCUT2D eigenvalue weighted by Crippen LogP contribution is 2.45. The van der Waals surface area contributed by atoms with Crippen LogP contribution in [0.3, 0.4) is 0 Å². The molecule has 0 aromatic carbocycles. The lowest BCUT2D eigenvalue weighted by Crippen LogP contribution is -2.52. The second kappa shape index (κ2) is 8.64. The first-order valence-corrected chi connectivity index (χ1v) is 9.51. The van der Waals surface area contributed by atoms with Crippen molar-refractivity contribution in [3.63, 3.8) is 0 Å². The van der Waals surface area contributed by atoms with Gasteiger partial charge >= 0.3 is 0 Å². The minimum atomic E-state index is 0. The molecule has 2 fully saturated rings. The van der Waals surface area contributed by atoms with Crippen LogP contribution in [0.25, 0.3) is 0 Å². The summed E-state index contributed by atoms with van der Waals surface area (Å²) in [6.45, 7) is 12.4. The van der Waals surface area contributed by atoms with E-state index >= 15 is 0 Å². The fourth-order valence-corrected chi connectivity index (χ4v) is 3.49. The third kappa shape index (κ3) is 4.93. The van der Waals surface area contributed by atoms with Crippen molar-refractivity contribution in [1.82, 2.24) is 19.6 Å². The zero-order valence-electron chi connectivity index (χ0n) is 14.9. The molecule has 0 radical (unpaired) electrons. The Kier molecular flexibility index (Phi) is 7.09. The van der Waals surface area contributed by atoms with Crippen LogP contribution in [0.15, 0.2) is 4.99 Å². The van der Waals surface area contributed by atoms with Crippen LogP contribution in [0.4, 0.5) is 5.13 Å². The van der Waals surface area contributed by atoms with Gasteiger partial charge < -0.3 is 15.1 Å². The summed E-state index contributed by atoms with van der Waals surface area (Å²) < 4.78 is 4.40. The summed E-state index contributed by atoms with van der Waals surface area (Å²) in [6.07, 6.45) is 3.55. The number of piperazine rings is 1. The Hall–Kier alpha value is -0.640. The Morgan fingerprint density at radius 2 is 1.96 bits per heavy atom. The number of aliphatic imine (C=N–C) groups is 1. The molecular weight excluding hydrogens is 435 g/mol. The molecule has 8 heteroatoms. The van der Waals surface area contributed by atoms with Crippen LogP contribution in [0, 0.1) is 5.41 Å². The molecule has 1 N–H and O–H groups in total. The molecule has 1 aromatic rings. The van der Waals surface area contributed by atoms with Crippen molar-refractivity contribution in [3.05, 3.63) is 5.82 Å². The average Bonchev–Trinajstić information content (AvgIpc) is 3.12. The summed E-state index contributed by atoms with van der Waals surface area (Å²) >= 11 is 1.52. The van der Waals surface area contributed by atoms with Crippen molar-refractivity contribution in [3.8, 4) is 0 Å². The molecule has 1 saturated heterocycles. The molecule has 0 unspecified atom stereocenters.